The fraction of sp³-hybridized carbons (Fsp3) is 0.333. The first kappa shape index (κ1) is 46.7. The minimum Gasteiger partial charge on any atom is -0.355 e. The fourth-order valence-electron chi connectivity index (χ4n) is 7.83. The van der Waals surface area contributed by atoms with Gasteiger partial charge in [0, 0.05) is 64.5 Å². The number of hydrogen-bond donors (Lipinski definition) is 4. The van der Waals surface area contributed by atoms with Crippen molar-refractivity contribution in [1.29, 1.82) is 0 Å². The third-order valence-electron chi connectivity index (χ3n) is 11.5. The first-order valence-corrected chi connectivity index (χ1v) is 21.2. The first-order valence-electron chi connectivity index (χ1n) is 21.2. The number of halogens is 4. The zero-order chi connectivity index (χ0) is 45.6. The van der Waals surface area contributed by atoms with Gasteiger partial charge in [-0.25, -0.2) is 17.6 Å². The first-order chi connectivity index (χ1) is 30.8. The summed E-state index contributed by atoms with van der Waals surface area (Å²) in [4.78, 5) is 83.8. The SMILES string of the molecule is O=C(NCCc1ccc(F)cc1)C1CN(C(=O)/C=C/C(=O)N2CC(C(=O)NCCc3ccc(F)cc3)[C@H](C(=O)NCCc3ccc(F)cc3)C2)CC1C(=O)NCCc1ccc(F)cc1. The van der Waals surface area contributed by atoms with Gasteiger partial charge in [0.15, 0.2) is 0 Å². The molecule has 6 amide bonds. The van der Waals surface area contributed by atoms with Gasteiger partial charge < -0.3 is 31.1 Å². The standard InChI is InChI=1S/C48H50F4N6O6/c49-35-9-1-31(2-10-35)19-23-53-45(61)39-27-57(28-40(39)46(62)54-24-20-32-3-11-36(50)12-4-32)43(59)17-18-44(60)58-29-41(47(63)55-25-21-33-5-13-37(51)14-6-33)42(30-58)48(64)56-26-22-34-7-15-38(52)16-8-34/h1-18,39-42H,19-30H2,(H,53,61)(H,54,62)(H,55,63)(H,56,64)/b18-17+/t39-,40?,41?,42?/m1/s1. The van der Waals surface area contributed by atoms with E-state index in [1.165, 1.54) is 58.3 Å². The largest absolute Gasteiger partial charge is 0.355 e. The summed E-state index contributed by atoms with van der Waals surface area (Å²) in [7, 11) is 0. The van der Waals surface area contributed by atoms with Gasteiger partial charge in [0.1, 0.15) is 23.3 Å². The maximum atomic E-state index is 13.6. The molecule has 0 bridgehead atoms. The van der Waals surface area contributed by atoms with Crippen molar-refractivity contribution < 1.29 is 46.3 Å². The number of amides is 6. The molecule has 0 aliphatic carbocycles. The number of nitrogens with zero attached hydrogens (tertiary/aromatic N) is 2. The monoisotopic (exact) mass is 882 g/mol. The Hall–Kier alpha value is -6.84. The summed E-state index contributed by atoms with van der Waals surface area (Å²) in [6, 6.07) is 23.3. The van der Waals surface area contributed by atoms with Crippen LogP contribution in [0.15, 0.2) is 109 Å². The highest BCUT2D eigenvalue weighted by atomic mass is 19.1. The molecule has 0 aromatic heterocycles. The summed E-state index contributed by atoms with van der Waals surface area (Å²) in [5.74, 6) is -8.41. The number of carbonyl (C=O) groups is 6. The molecular weight excluding hydrogens is 833 g/mol. The summed E-state index contributed by atoms with van der Waals surface area (Å²) in [5, 5.41) is 11.3. The highest BCUT2D eigenvalue weighted by Gasteiger charge is 2.44. The van der Waals surface area contributed by atoms with E-state index in [-0.39, 0.29) is 52.4 Å². The zero-order valence-electron chi connectivity index (χ0n) is 35.0. The molecule has 2 aliphatic rings. The summed E-state index contributed by atoms with van der Waals surface area (Å²) in [5.41, 5.74) is 3.15. The summed E-state index contributed by atoms with van der Waals surface area (Å²) >= 11 is 0. The van der Waals surface area contributed by atoms with Crippen LogP contribution in [-0.2, 0) is 54.5 Å². The van der Waals surface area contributed by atoms with Crippen LogP contribution in [0.4, 0.5) is 17.6 Å². The van der Waals surface area contributed by atoms with E-state index in [1.54, 1.807) is 48.5 Å². The Kier molecular flexibility index (Phi) is 16.4. The van der Waals surface area contributed by atoms with Crippen molar-refractivity contribution in [1.82, 2.24) is 31.1 Å². The Morgan fingerprint density at radius 2 is 0.594 bits per heavy atom. The number of hydrogen-bond acceptors (Lipinski definition) is 6. The van der Waals surface area contributed by atoms with Crippen LogP contribution in [0.1, 0.15) is 22.3 Å². The molecule has 4 atom stereocenters. The van der Waals surface area contributed by atoms with E-state index in [0.717, 1.165) is 34.4 Å². The maximum Gasteiger partial charge on any atom is 0.246 e. The van der Waals surface area contributed by atoms with Gasteiger partial charge in [-0.2, -0.15) is 0 Å². The third-order valence-corrected chi connectivity index (χ3v) is 11.5. The van der Waals surface area contributed by atoms with Crippen molar-refractivity contribution in [3.8, 4) is 0 Å². The summed E-state index contributed by atoms with van der Waals surface area (Å²) in [6.07, 6.45) is 3.66. The van der Waals surface area contributed by atoms with Crippen LogP contribution in [0.2, 0.25) is 0 Å². The molecular formula is C48H50F4N6O6. The van der Waals surface area contributed by atoms with Crippen LogP contribution in [0, 0.1) is 46.9 Å². The molecule has 6 rings (SSSR count). The van der Waals surface area contributed by atoms with Crippen LogP contribution in [0.3, 0.4) is 0 Å². The van der Waals surface area contributed by atoms with Gasteiger partial charge in [0.25, 0.3) is 0 Å². The lowest BCUT2D eigenvalue weighted by Crippen LogP contribution is -2.42. The lowest BCUT2D eigenvalue weighted by atomic mass is 9.94. The van der Waals surface area contributed by atoms with E-state index >= 15 is 0 Å². The second-order valence-electron chi connectivity index (χ2n) is 15.9. The second kappa shape index (κ2) is 22.5. The number of likely N-dealkylation sites (tertiary alicyclic amines) is 2. The van der Waals surface area contributed by atoms with Gasteiger partial charge in [0.2, 0.25) is 35.4 Å². The molecule has 0 radical (unpaired) electrons. The maximum absolute atomic E-state index is 13.6. The molecule has 2 saturated heterocycles. The average molecular weight is 883 g/mol. The van der Waals surface area contributed by atoms with Crippen molar-refractivity contribution >= 4 is 35.4 Å². The molecule has 2 fully saturated rings. The van der Waals surface area contributed by atoms with Crippen molar-refractivity contribution in [2.24, 2.45) is 23.7 Å². The van der Waals surface area contributed by atoms with Crippen molar-refractivity contribution in [2.45, 2.75) is 25.7 Å². The molecule has 2 aliphatic heterocycles. The quantitative estimate of drug-likeness (QED) is 0.0884. The van der Waals surface area contributed by atoms with Gasteiger partial charge in [-0.1, -0.05) is 48.5 Å². The van der Waals surface area contributed by atoms with E-state index < -0.39 is 82.4 Å². The Bertz CT molecular complexity index is 1990. The van der Waals surface area contributed by atoms with E-state index in [0.29, 0.717) is 25.7 Å². The minimum absolute atomic E-state index is 0.125. The Labute approximate surface area is 368 Å². The molecule has 0 spiro atoms. The van der Waals surface area contributed by atoms with Crippen LogP contribution in [0.25, 0.3) is 0 Å². The number of rotatable bonds is 18. The lowest BCUT2D eigenvalue weighted by Gasteiger charge is -2.17. The topological polar surface area (TPSA) is 157 Å². The average Bonchev–Trinajstić information content (AvgIpc) is 3.95. The highest BCUT2D eigenvalue weighted by Crippen LogP contribution is 2.27. The molecule has 16 heteroatoms. The van der Waals surface area contributed by atoms with Crippen molar-refractivity contribution in [2.75, 3.05) is 52.4 Å². The van der Waals surface area contributed by atoms with Gasteiger partial charge in [-0.05, 0) is 96.5 Å². The van der Waals surface area contributed by atoms with Gasteiger partial charge in [-0.15, -0.1) is 0 Å². The predicted molar refractivity (Wildman–Crippen MR) is 229 cm³/mol. The van der Waals surface area contributed by atoms with Gasteiger partial charge >= 0.3 is 0 Å². The molecule has 12 nitrogen and oxygen atoms in total. The lowest BCUT2D eigenvalue weighted by molar-refractivity contribution is -0.132. The van der Waals surface area contributed by atoms with Crippen LogP contribution >= 0.6 is 0 Å². The highest BCUT2D eigenvalue weighted by molar-refractivity contribution is 5.99. The molecule has 64 heavy (non-hydrogen) atoms. The Morgan fingerprint density at radius 1 is 0.391 bits per heavy atom. The van der Waals surface area contributed by atoms with Crippen LogP contribution in [0.5, 0.6) is 0 Å². The van der Waals surface area contributed by atoms with E-state index in [1.807, 2.05) is 0 Å². The Balaban J connectivity index is 1.08. The molecule has 2 heterocycles. The van der Waals surface area contributed by atoms with Gasteiger partial charge in [0.05, 0.1) is 23.7 Å². The molecule has 4 aromatic rings. The van der Waals surface area contributed by atoms with Gasteiger partial charge in [-0.3, -0.25) is 28.8 Å². The van der Waals surface area contributed by atoms with Crippen LogP contribution in [-0.4, -0.2) is 97.6 Å². The number of benzene rings is 4. The number of carbonyl (C=O) groups excluding carboxylic acids is 6. The Morgan fingerprint density at radius 3 is 0.797 bits per heavy atom. The fourth-order valence-corrected chi connectivity index (χ4v) is 7.83. The normalized spacial score (nSPS) is 18.2. The third kappa shape index (κ3) is 13.3. The molecule has 4 N–H and O–H groups in total. The molecule has 336 valence electrons. The smallest absolute Gasteiger partial charge is 0.246 e. The van der Waals surface area contributed by atoms with Crippen LogP contribution < -0.4 is 21.3 Å². The van der Waals surface area contributed by atoms with Crippen molar-refractivity contribution in [3.63, 3.8) is 0 Å². The second-order valence-corrected chi connectivity index (χ2v) is 15.9. The predicted octanol–water partition coefficient (Wildman–Crippen LogP) is 3.68. The minimum atomic E-state index is -0.935. The zero-order valence-corrected chi connectivity index (χ0v) is 35.0. The summed E-state index contributed by atoms with van der Waals surface area (Å²) < 4.78 is 53.5. The summed E-state index contributed by atoms with van der Waals surface area (Å²) in [6.45, 7) is 0.272. The van der Waals surface area contributed by atoms with E-state index in [2.05, 4.69) is 21.3 Å². The molecule has 4 aromatic carbocycles. The molecule has 0 saturated carbocycles. The van der Waals surface area contributed by atoms with E-state index in [9.17, 15) is 46.3 Å². The molecule has 3 unspecified atom stereocenters. The number of nitrogens with one attached hydrogen (secondary N) is 4. The van der Waals surface area contributed by atoms with Crippen molar-refractivity contribution in [3.05, 3.63) is 155 Å². The van der Waals surface area contributed by atoms with E-state index in [4.69, 9.17) is 0 Å².